The summed E-state index contributed by atoms with van der Waals surface area (Å²) >= 11 is 1.56. The van der Waals surface area contributed by atoms with Gasteiger partial charge in [0.2, 0.25) is 0 Å². The predicted molar refractivity (Wildman–Crippen MR) is 52.1 cm³/mol. The molecule has 1 aliphatic heterocycles. The molecule has 0 unspecified atom stereocenters. The van der Waals surface area contributed by atoms with Gasteiger partial charge in [0.1, 0.15) is 0 Å². The van der Waals surface area contributed by atoms with Crippen LogP contribution in [0.2, 0.25) is 0 Å². The third-order valence-corrected chi connectivity index (χ3v) is 5.58. The van der Waals surface area contributed by atoms with Crippen molar-refractivity contribution in [3.63, 3.8) is 0 Å². The van der Waals surface area contributed by atoms with Gasteiger partial charge in [-0.25, -0.2) is 0 Å². The fourth-order valence-corrected chi connectivity index (χ4v) is 4.21. The lowest BCUT2D eigenvalue weighted by atomic mass is 9.66. The summed E-state index contributed by atoms with van der Waals surface area (Å²) < 4.78 is 0. The largest absolute Gasteiger partial charge is 0.287 e. The van der Waals surface area contributed by atoms with E-state index in [1.165, 1.54) is 6.42 Å². The molecule has 0 radical (unpaired) electrons. The Kier molecular flexibility index (Phi) is 1.64. The van der Waals surface area contributed by atoms with Crippen LogP contribution in [0.4, 0.5) is 0 Å². The normalized spacial score (nSPS) is 44.9. The third-order valence-electron chi connectivity index (χ3n) is 4.30. The average Bonchev–Trinajstić information content (AvgIpc) is 2.17. The van der Waals surface area contributed by atoms with Gasteiger partial charge in [0.25, 0.3) is 0 Å². The number of hydrogen-bond acceptors (Lipinski definition) is 2. The monoisotopic (exact) mass is 184 g/mol. The summed E-state index contributed by atoms with van der Waals surface area (Å²) in [7, 11) is 0. The van der Waals surface area contributed by atoms with Gasteiger partial charge in [-0.3, -0.25) is 4.79 Å². The molecule has 2 heteroatoms. The fourth-order valence-electron chi connectivity index (χ4n) is 2.59. The molecular formula is C10H16OS. The van der Waals surface area contributed by atoms with Gasteiger partial charge in [-0.2, -0.15) is 0 Å². The Bertz CT molecular complexity index is 234. The van der Waals surface area contributed by atoms with Crippen molar-refractivity contribution in [2.75, 3.05) is 5.75 Å². The highest BCUT2D eigenvalue weighted by Gasteiger charge is 2.58. The first-order valence-corrected chi connectivity index (χ1v) is 5.64. The van der Waals surface area contributed by atoms with Crippen molar-refractivity contribution in [3.8, 4) is 0 Å². The molecule has 1 saturated heterocycles. The average molecular weight is 184 g/mol. The molecule has 2 bridgehead atoms. The van der Waals surface area contributed by atoms with E-state index in [4.69, 9.17) is 0 Å². The van der Waals surface area contributed by atoms with Crippen LogP contribution in [0, 0.1) is 16.7 Å². The number of thioether (sulfide) groups is 1. The van der Waals surface area contributed by atoms with Crippen molar-refractivity contribution < 1.29 is 4.79 Å². The maximum atomic E-state index is 11.8. The van der Waals surface area contributed by atoms with E-state index in [0.717, 1.165) is 18.1 Å². The van der Waals surface area contributed by atoms with Crippen LogP contribution in [0.1, 0.15) is 33.6 Å². The fraction of sp³-hybridized carbons (Fsp3) is 0.900. The Labute approximate surface area is 78.3 Å². The molecule has 0 spiro atoms. The van der Waals surface area contributed by atoms with E-state index in [1.54, 1.807) is 11.8 Å². The lowest BCUT2D eigenvalue weighted by molar-refractivity contribution is -0.124. The molecule has 12 heavy (non-hydrogen) atoms. The van der Waals surface area contributed by atoms with Crippen molar-refractivity contribution in [3.05, 3.63) is 0 Å². The molecule has 1 saturated carbocycles. The van der Waals surface area contributed by atoms with Gasteiger partial charge >= 0.3 is 0 Å². The molecule has 2 fully saturated rings. The van der Waals surface area contributed by atoms with Crippen LogP contribution in [0.3, 0.4) is 0 Å². The first-order valence-electron chi connectivity index (χ1n) is 4.66. The number of carbonyl (C=O) groups is 1. The molecule has 2 atom stereocenters. The quantitative estimate of drug-likeness (QED) is 0.576. The molecule has 2 aliphatic rings. The number of hydrogen-bond donors (Lipinski definition) is 0. The molecule has 0 N–H and O–H groups in total. The highest BCUT2D eigenvalue weighted by Crippen LogP contribution is 2.61. The molecule has 0 aromatic rings. The van der Waals surface area contributed by atoms with Crippen molar-refractivity contribution in [2.45, 2.75) is 33.6 Å². The Morgan fingerprint density at radius 3 is 2.67 bits per heavy atom. The Hall–Kier alpha value is 0.0200. The van der Waals surface area contributed by atoms with Crippen LogP contribution < -0.4 is 0 Å². The topological polar surface area (TPSA) is 17.1 Å². The van der Waals surface area contributed by atoms with Crippen molar-refractivity contribution in [1.29, 1.82) is 0 Å². The highest BCUT2D eigenvalue weighted by atomic mass is 32.2. The standard InChI is InChI=1S/C10H16OS/c1-9(2)7-4-5-10(9,3)8(11)12-6-7/h7H,4-6H2,1-3H3/t7-,10+/m0/s1. The van der Waals surface area contributed by atoms with Gasteiger partial charge in [0.05, 0.1) is 0 Å². The zero-order chi connectivity index (χ0) is 8.98. The van der Waals surface area contributed by atoms with Gasteiger partial charge in [0, 0.05) is 11.2 Å². The van der Waals surface area contributed by atoms with Crippen LogP contribution in [-0.4, -0.2) is 10.9 Å². The molecular weight excluding hydrogens is 168 g/mol. The van der Waals surface area contributed by atoms with E-state index in [1.807, 2.05) is 0 Å². The Balaban J connectivity index is 2.43. The van der Waals surface area contributed by atoms with Gasteiger partial charge in [-0.15, -0.1) is 0 Å². The van der Waals surface area contributed by atoms with Crippen LogP contribution >= 0.6 is 11.8 Å². The van der Waals surface area contributed by atoms with Gasteiger partial charge in [-0.05, 0) is 24.2 Å². The summed E-state index contributed by atoms with van der Waals surface area (Å²) in [6.07, 6.45) is 2.36. The summed E-state index contributed by atoms with van der Waals surface area (Å²) in [5, 5.41) is 0.432. The van der Waals surface area contributed by atoms with Gasteiger partial charge < -0.3 is 0 Å². The van der Waals surface area contributed by atoms with E-state index >= 15 is 0 Å². The summed E-state index contributed by atoms with van der Waals surface area (Å²) in [5.74, 6) is 1.83. The maximum absolute atomic E-state index is 11.8. The van der Waals surface area contributed by atoms with Gasteiger partial charge in [-0.1, -0.05) is 32.5 Å². The smallest absolute Gasteiger partial charge is 0.195 e. The summed E-state index contributed by atoms with van der Waals surface area (Å²) in [6, 6.07) is 0. The van der Waals surface area contributed by atoms with E-state index in [-0.39, 0.29) is 10.8 Å². The molecule has 68 valence electrons. The minimum absolute atomic E-state index is 0.0272. The van der Waals surface area contributed by atoms with Crippen LogP contribution in [0.5, 0.6) is 0 Å². The molecule has 1 heterocycles. The second-order valence-corrected chi connectivity index (χ2v) is 5.88. The summed E-state index contributed by atoms with van der Waals surface area (Å²) in [6.45, 7) is 6.69. The van der Waals surface area contributed by atoms with E-state index < -0.39 is 0 Å². The molecule has 1 nitrogen and oxygen atoms in total. The maximum Gasteiger partial charge on any atom is 0.195 e. The predicted octanol–water partition coefficient (Wildman–Crippen LogP) is 2.70. The zero-order valence-corrected chi connectivity index (χ0v) is 8.83. The second kappa shape index (κ2) is 2.28. The third kappa shape index (κ3) is 0.795. The van der Waals surface area contributed by atoms with E-state index in [2.05, 4.69) is 20.8 Å². The lowest BCUT2D eigenvalue weighted by Crippen LogP contribution is -2.43. The van der Waals surface area contributed by atoms with Crippen LogP contribution in [0.15, 0.2) is 0 Å². The molecule has 2 rings (SSSR count). The molecule has 0 aromatic heterocycles. The van der Waals surface area contributed by atoms with Crippen molar-refractivity contribution >= 4 is 16.9 Å². The molecule has 1 aliphatic carbocycles. The molecule has 0 amide bonds. The highest BCUT2D eigenvalue weighted by molar-refractivity contribution is 8.13. The number of carbonyl (C=O) groups excluding carboxylic acids is 1. The lowest BCUT2D eigenvalue weighted by Gasteiger charge is -2.43. The Morgan fingerprint density at radius 1 is 1.42 bits per heavy atom. The van der Waals surface area contributed by atoms with Crippen molar-refractivity contribution in [2.24, 2.45) is 16.7 Å². The zero-order valence-electron chi connectivity index (χ0n) is 8.02. The van der Waals surface area contributed by atoms with Crippen LogP contribution in [-0.2, 0) is 4.79 Å². The minimum atomic E-state index is -0.0272. The summed E-state index contributed by atoms with van der Waals surface area (Å²) in [4.78, 5) is 11.8. The second-order valence-electron chi connectivity index (χ2n) is 4.89. The van der Waals surface area contributed by atoms with Gasteiger partial charge in [0.15, 0.2) is 5.12 Å². The van der Waals surface area contributed by atoms with E-state index in [9.17, 15) is 4.79 Å². The van der Waals surface area contributed by atoms with Crippen molar-refractivity contribution in [1.82, 2.24) is 0 Å². The first kappa shape index (κ1) is 8.61. The Morgan fingerprint density at radius 2 is 2.08 bits per heavy atom. The number of fused-ring (bicyclic) bond motifs is 2. The first-order chi connectivity index (χ1) is 5.48. The minimum Gasteiger partial charge on any atom is -0.287 e. The SMILES string of the molecule is CC1(C)[C@H]2CC[C@]1(C)C(=O)SC2. The van der Waals surface area contributed by atoms with Crippen LogP contribution in [0.25, 0.3) is 0 Å². The summed E-state index contributed by atoms with van der Waals surface area (Å²) in [5.41, 5.74) is 0.218. The number of rotatable bonds is 0. The van der Waals surface area contributed by atoms with E-state index in [0.29, 0.717) is 5.12 Å². The molecule has 0 aromatic carbocycles.